The van der Waals surface area contributed by atoms with Gasteiger partial charge in [0.15, 0.2) is 0 Å². The molecule has 2 unspecified atom stereocenters. The van der Waals surface area contributed by atoms with Crippen LogP contribution in [0.5, 0.6) is 0 Å². The third kappa shape index (κ3) is 2.43. The molecule has 0 amide bonds. The highest BCUT2D eigenvalue weighted by Gasteiger charge is 2.25. The molecule has 12 heavy (non-hydrogen) atoms. The van der Waals surface area contributed by atoms with E-state index in [0.717, 1.165) is 13.0 Å². The highest BCUT2D eigenvalue weighted by molar-refractivity contribution is 7.89. The Labute approximate surface area is 73.8 Å². The summed E-state index contributed by atoms with van der Waals surface area (Å²) >= 11 is 0. The molecule has 1 aliphatic heterocycles. The maximum atomic E-state index is 11.2. The summed E-state index contributed by atoms with van der Waals surface area (Å²) in [6.45, 7) is 4.54. The Balaban J connectivity index is 2.51. The second-order valence-electron chi connectivity index (χ2n) is 3.16. The Morgan fingerprint density at radius 1 is 1.58 bits per heavy atom. The summed E-state index contributed by atoms with van der Waals surface area (Å²) in [6, 6.07) is 0.335. The van der Waals surface area contributed by atoms with Crippen molar-refractivity contribution in [3.8, 4) is 0 Å². The lowest BCUT2D eigenvalue weighted by molar-refractivity contribution is 0.518. The fourth-order valence-electron chi connectivity index (χ4n) is 1.33. The van der Waals surface area contributed by atoms with Crippen molar-refractivity contribution >= 4 is 10.0 Å². The Bertz CT molecular complexity index is 238. The fourth-order valence-corrected chi connectivity index (χ4v) is 2.28. The van der Waals surface area contributed by atoms with E-state index in [1.165, 1.54) is 0 Å². The van der Waals surface area contributed by atoms with Crippen LogP contribution in [0.2, 0.25) is 0 Å². The quantitative estimate of drug-likeness (QED) is 0.644. The van der Waals surface area contributed by atoms with Crippen LogP contribution in [-0.4, -0.2) is 32.8 Å². The van der Waals surface area contributed by atoms with E-state index in [-0.39, 0.29) is 17.8 Å². The molecule has 72 valence electrons. The summed E-state index contributed by atoms with van der Waals surface area (Å²) in [5.74, 6) is 0.163. The molecular formula is C7H16N2O2S. The van der Waals surface area contributed by atoms with Gasteiger partial charge in [-0.3, -0.25) is 0 Å². The minimum atomic E-state index is -3.03. The Morgan fingerprint density at radius 2 is 2.25 bits per heavy atom. The van der Waals surface area contributed by atoms with Crippen LogP contribution in [0.15, 0.2) is 0 Å². The topological polar surface area (TPSA) is 58.2 Å². The molecule has 0 spiro atoms. The molecule has 1 saturated heterocycles. The van der Waals surface area contributed by atoms with Gasteiger partial charge in [0, 0.05) is 12.1 Å². The second-order valence-corrected chi connectivity index (χ2v) is 5.20. The van der Waals surface area contributed by atoms with Gasteiger partial charge in [-0.15, -0.1) is 0 Å². The standard InChI is InChI=1S/C7H16N2O2S/c1-3-12(10,11)9-7-4-5-8-6(7)2/h6-9H,3-5H2,1-2H3. The van der Waals surface area contributed by atoms with Gasteiger partial charge in [0.1, 0.15) is 0 Å². The van der Waals surface area contributed by atoms with Gasteiger partial charge in [-0.05, 0) is 26.8 Å². The Kier molecular flexibility index (Phi) is 3.09. The maximum absolute atomic E-state index is 11.2. The molecule has 2 atom stereocenters. The van der Waals surface area contributed by atoms with Crippen molar-refractivity contribution in [3.05, 3.63) is 0 Å². The van der Waals surface area contributed by atoms with E-state index in [1.54, 1.807) is 6.92 Å². The van der Waals surface area contributed by atoms with Crippen LogP contribution < -0.4 is 10.0 Å². The first kappa shape index (κ1) is 9.95. The first-order valence-corrected chi connectivity index (χ1v) is 5.94. The van der Waals surface area contributed by atoms with Crippen LogP contribution in [-0.2, 0) is 10.0 Å². The molecule has 1 heterocycles. The van der Waals surface area contributed by atoms with Gasteiger partial charge in [-0.1, -0.05) is 0 Å². The highest BCUT2D eigenvalue weighted by atomic mass is 32.2. The summed E-state index contributed by atoms with van der Waals surface area (Å²) in [6.07, 6.45) is 0.889. The predicted octanol–water partition coefficient (Wildman–Crippen LogP) is -0.324. The number of rotatable bonds is 3. The van der Waals surface area contributed by atoms with Crippen LogP contribution in [0.4, 0.5) is 0 Å². The number of nitrogens with one attached hydrogen (secondary N) is 2. The molecule has 0 aromatic carbocycles. The van der Waals surface area contributed by atoms with Crippen LogP contribution in [0.1, 0.15) is 20.3 Å². The fraction of sp³-hybridized carbons (Fsp3) is 1.00. The minimum Gasteiger partial charge on any atom is -0.313 e. The zero-order valence-electron chi connectivity index (χ0n) is 7.50. The van der Waals surface area contributed by atoms with E-state index < -0.39 is 10.0 Å². The predicted molar refractivity (Wildman–Crippen MR) is 48.5 cm³/mol. The van der Waals surface area contributed by atoms with Gasteiger partial charge < -0.3 is 5.32 Å². The molecule has 5 heteroatoms. The van der Waals surface area contributed by atoms with Crippen molar-refractivity contribution in [1.82, 2.24) is 10.0 Å². The zero-order chi connectivity index (χ0) is 9.19. The van der Waals surface area contributed by atoms with Crippen molar-refractivity contribution in [2.24, 2.45) is 0 Å². The normalized spacial score (nSPS) is 30.8. The van der Waals surface area contributed by atoms with E-state index in [4.69, 9.17) is 0 Å². The summed E-state index contributed by atoms with van der Waals surface area (Å²) in [7, 11) is -3.03. The molecule has 2 N–H and O–H groups in total. The van der Waals surface area contributed by atoms with E-state index in [9.17, 15) is 8.42 Å². The van der Waals surface area contributed by atoms with Crippen LogP contribution in [0.3, 0.4) is 0 Å². The van der Waals surface area contributed by atoms with Gasteiger partial charge in [-0.25, -0.2) is 13.1 Å². The number of sulfonamides is 1. The molecule has 4 nitrogen and oxygen atoms in total. The summed E-state index contributed by atoms with van der Waals surface area (Å²) < 4.78 is 25.0. The largest absolute Gasteiger partial charge is 0.313 e. The lowest BCUT2D eigenvalue weighted by Gasteiger charge is -2.15. The SMILES string of the molecule is CCS(=O)(=O)NC1CCNC1C. The molecule has 1 fully saturated rings. The Morgan fingerprint density at radius 3 is 2.67 bits per heavy atom. The van der Waals surface area contributed by atoms with E-state index in [1.807, 2.05) is 6.92 Å². The molecule has 0 aromatic heterocycles. The number of hydrogen-bond acceptors (Lipinski definition) is 3. The third-order valence-electron chi connectivity index (χ3n) is 2.24. The number of hydrogen-bond donors (Lipinski definition) is 2. The van der Waals surface area contributed by atoms with Crippen molar-refractivity contribution in [1.29, 1.82) is 0 Å². The van der Waals surface area contributed by atoms with Crippen molar-refractivity contribution < 1.29 is 8.42 Å². The van der Waals surface area contributed by atoms with Gasteiger partial charge in [-0.2, -0.15) is 0 Å². The lowest BCUT2D eigenvalue weighted by atomic mass is 10.2. The monoisotopic (exact) mass is 192 g/mol. The lowest BCUT2D eigenvalue weighted by Crippen LogP contribution is -2.42. The smallest absolute Gasteiger partial charge is 0.211 e. The molecule has 0 radical (unpaired) electrons. The molecule has 0 aliphatic carbocycles. The first-order chi connectivity index (χ1) is 5.55. The third-order valence-corrected chi connectivity index (χ3v) is 3.66. The zero-order valence-corrected chi connectivity index (χ0v) is 8.32. The second kappa shape index (κ2) is 3.72. The van der Waals surface area contributed by atoms with Crippen LogP contribution in [0, 0.1) is 0 Å². The van der Waals surface area contributed by atoms with Crippen molar-refractivity contribution in [2.45, 2.75) is 32.4 Å². The van der Waals surface area contributed by atoms with Gasteiger partial charge in [0.2, 0.25) is 10.0 Å². The summed E-state index contributed by atoms with van der Waals surface area (Å²) in [4.78, 5) is 0. The molecular weight excluding hydrogens is 176 g/mol. The van der Waals surface area contributed by atoms with Gasteiger partial charge >= 0.3 is 0 Å². The van der Waals surface area contributed by atoms with E-state index >= 15 is 0 Å². The molecule has 1 aliphatic rings. The Hall–Kier alpha value is -0.130. The average molecular weight is 192 g/mol. The average Bonchev–Trinajstić information content (AvgIpc) is 2.36. The minimum absolute atomic E-state index is 0.0787. The molecule has 0 bridgehead atoms. The van der Waals surface area contributed by atoms with Crippen molar-refractivity contribution in [3.63, 3.8) is 0 Å². The van der Waals surface area contributed by atoms with E-state index in [0.29, 0.717) is 0 Å². The summed E-state index contributed by atoms with van der Waals surface area (Å²) in [5, 5.41) is 3.19. The summed E-state index contributed by atoms with van der Waals surface area (Å²) in [5.41, 5.74) is 0. The van der Waals surface area contributed by atoms with Gasteiger partial charge in [0.05, 0.1) is 5.75 Å². The molecule has 0 saturated carbocycles. The molecule has 1 rings (SSSR count). The van der Waals surface area contributed by atoms with Crippen LogP contribution >= 0.6 is 0 Å². The van der Waals surface area contributed by atoms with Crippen molar-refractivity contribution in [2.75, 3.05) is 12.3 Å². The van der Waals surface area contributed by atoms with E-state index in [2.05, 4.69) is 10.0 Å². The highest BCUT2D eigenvalue weighted by Crippen LogP contribution is 2.07. The van der Waals surface area contributed by atoms with Crippen LogP contribution in [0.25, 0.3) is 0 Å². The molecule has 0 aromatic rings. The first-order valence-electron chi connectivity index (χ1n) is 4.28. The maximum Gasteiger partial charge on any atom is 0.211 e. The van der Waals surface area contributed by atoms with Gasteiger partial charge in [0.25, 0.3) is 0 Å².